The first-order chi connectivity index (χ1) is 9.06. The zero-order chi connectivity index (χ0) is 13.8. The molecule has 0 bridgehead atoms. The number of allylic oxidation sites excluding steroid dienone is 8. The van der Waals surface area contributed by atoms with Crippen LogP contribution < -0.4 is 9.41 Å². The molecule has 0 saturated heterocycles. The van der Waals surface area contributed by atoms with Crippen molar-refractivity contribution in [3.63, 3.8) is 0 Å². The molecule has 0 N–H and O–H groups in total. The van der Waals surface area contributed by atoms with Gasteiger partial charge in [0.15, 0.2) is 0 Å². The Bertz CT molecular complexity index is 412. The molecular formula is C18H26F2Zr. The van der Waals surface area contributed by atoms with Gasteiger partial charge in [0.05, 0.1) is 0 Å². The topological polar surface area (TPSA) is 0 Å². The van der Waals surface area contributed by atoms with E-state index >= 15 is 0 Å². The van der Waals surface area contributed by atoms with E-state index in [1.165, 1.54) is 25.7 Å². The van der Waals surface area contributed by atoms with Crippen LogP contribution in [0, 0.1) is 11.8 Å². The summed E-state index contributed by atoms with van der Waals surface area (Å²) in [4.78, 5) is 0. The predicted molar refractivity (Wildman–Crippen MR) is 80.5 cm³/mol. The summed E-state index contributed by atoms with van der Waals surface area (Å²) in [5, 5.41) is 0. The van der Waals surface area contributed by atoms with Crippen molar-refractivity contribution in [3.8, 4) is 0 Å². The minimum absolute atomic E-state index is 0. The average molecular weight is 372 g/mol. The Balaban J connectivity index is 0.00000200. The summed E-state index contributed by atoms with van der Waals surface area (Å²) >= 11 is -0.495. The van der Waals surface area contributed by atoms with Crippen molar-refractivity contribution in [1.29, 1.82) is 0 Å². The van der Waals surface area contributed by atoms with Gasteiger partial charge in [-0.3, -0.25) is 0 Å². The largest absolute Gasteiger partial charge is 1.00 e. The maximum Gasteiger partial charge on any atom is -1.00 e. The van der Waals surface area contributed by atoms with Crippen LogP contribution >= 0.6 is 0 Å². The van der Waals surface area contributed by atoms with Gasteiger partial charge in [-0.2, -0.15) is 0 Å². The standard InChI is InChI=1S/2C9H13.2FH.Zr/c2*1-8(2)7-9-5-3-4-6-9;;;/h2*3,5,8H,4,7H2,1-2H3;2*1H;/q;;;;+2/p-2. The van der Waals surface area contributed by atoms with Crippen molar-refractivity contribution in [3.05, 3.63) is 42.0 Å². The van der Waals surface area contributed by atoms with E-state index in [2.05, 4.69) is 52.0 Å². The molecule has 0 aromatic heterocycles. The van der Waals surface area contributed by atoms with E-state index in [4.69, 9.17) is 0 Å². The average Bonchev–Trinajstić information content (AvgIpc) is 2.89. The Kier molecular flexibility index (Phi) is 9.53. The number of hydrogen-bond donors (Lipinski definition) is 0. The van der Waals surface area contributed by atoms with E-state index in [0.717, 1.165) is 11.8 Å². The van der Waals surface area contributed by atoms with E-state index in [9.17, 15) is 0 Å². The van der Waals surface area contributed by atoms with E-state index in [0.29, 0.717) is 0 Å². The second-order valence-electron chi connectivity index (χ2n) is 6.54. The molecule has 0 saturated carbocycles. The van der Waals surface area contributed by atoms with Gasteiger partial charge in [-0.1, -0.05) is 0 Å². The van der Waals surface area contributed by atoms with Crippen molar-refractivity contribution in [1.82, 2.24) is 0 Å². The van der Waals surface area contributed by atoms with Crippen LogP contribution in [0.25, 0.3) is 0 Å². The molecule has 116 valence electrons. The molecule has 2 rings (SSSR count). The van der Waals surface area contributed by atoms with Gasteiger partial charge in [0.1, 0.15) is 0 Å². The van der Waals surface area contributed by atoms with Crippen LogP contribution in [0.1, 0.15) is 53.4 Å². The molecule has 0 fully saturated rings. The molecule has 2 aliphatic rings. The van der Waals surface area contributed by atoms with Gasteiger partial charge in [0, 0.05) is 0 Å². The first kappa shape index (κ1) is 20.7. The second kappa shape index (κ2) is 9.67. The zero-order valence-electron chi connectivity index (χ0n) is 13.5. The quantitative estimate of drug-likeness (QED) is 0.596. The summed E-state index contributed by atoms with van der Waals surface area (Å²) in [5.41, 5.74) is 3.37. The summed E-state index contributed by atoms with van der Waals surface area (Å²) in [7, 11) is 0. The second-order valence-corrected chi connectivity index (χ2v) is 10.1. The summed E-state index contributed by atoms with van der Waals surface area (Å²) in [5.74, 6) is 1.58. The van der Waals surface area contributed by atoms with Gasteiger partial charge in [0.25, 0.3) is 0 Å². The molecule has 21 heavy (non-hydrogen) atoms. The Morgan fingerprint density at radius 2 is 1.19 bits per heavy atom. The fourth-order valence-corrected chi connectivity index (χ4v) is 6.49. The summed E-state index contributed by atoms with van der Waals surface area (Å²) < 4.78 is 3.69. The Hall–Kier alpha value is -0.297. The van der Waals surface area contributed by atoms with Crippen LogP contribution in [0.4, 0.5) is 0 Å². The SMILES string of the molecule is CC(C)CC1=[C]([Zr+2][C]2=C(CC(C)C)C=CC2)CC=C1.[F-].[F-]. The van der Waals surface area contributed by atoms with Crippen LogP contribution in [0.5, 0.6) is 0 Å². The first-order valence-electron chi connectivity index (χ1n) is 7.60. The maximum atomic E-state index is 2.40. The fourth-order valence-electron chi connectivity index (χ4n) is 2.81. The summed E-state index contributed by atoms with van der Waals surface area (Å²) in [6.45, 7) is 9.34. The smallest absolute Gasteiger partial charge is 1.00 e. The number of hydrogen-bond acceptors (Lipinski definition) is 0. The van der Waals surface area contributed by atoms with Crippen molar-refractivity contribution in [2.75, 3.05) is 0 Å². The molecule has 0 unspecified atom stereocenters. The maximum absolute atomic E-state index is 2.40. The molecule has 2 aliphatic carbocycles. The fraction of sp³-hybridized carbons (Fsp3) is 0.556. The molecule has 0 aromatic carbocycles. The molecule has 0 nitrogen and oxygen atoms in total. The normalized spacial score (nSPS) is 16.7. The molecule has 3 heteroatoms. The van der Waals surface area contributed by atoms with Crippen LogP contribution in [-0.2, 0) is 23.2 Å². The van der Waals surface area contributed by atoms with Gasteiger partial charge in [-0.25, -0.2) is 0 Å². The monoisotopic (exact) mass is 370 g/mol. The van der Waals surface area contributed by atoms with Crippen molar-refractivity contribution in [2.24, 2.45) is 11.8 Å². The molecule has 0 aromatic rings. The third-order valence-electron chi connectivity index (χ3n) is 3.62. The van der Waals surface area contributed by atoms with Crippen LogP contribution in [0.2, 0.25) is 0 Å². The van der Waals surface area contributed by atoms with Crippen molar-refractivity contribution in [2.45, 2.75) is 53.4 Å². The van der Waals surface area contributed by atoms with E-state index in [-0.39, 0.29) is 9.41 Å². The molecule has 0 heterocycles. The molecule has 0 radical (unpaired) electrons. The molecular weight excluding hydrogens is 345 g/mol. The van der Waals surface area contributed by atoms with Gasteiger partial charge < -0.3 is 9.41 Å². The van der Waals surface area contributed by atoms with Gasteiger partial charge >= 0.3 is 130 Å². The van der Waals surface area contributed by atoms with Gasteiger partial charge in [0.2, 0.25) is 0 Å². The zero-order valence-corrected chi connectivity index (χ0v) is 16.0. The third kappa shape index (κ3) is 6.14. The molecule has 0 atom stereocenters. The van der Waals surface area contributed by atoms with Gasteiger partial charge in [-0.05, 0) is 0 Å². The minimum atomic E-state index is -0.495. The van der Waals surface area contributed by atoms with Crippen molar-refractivity contribution >= 4 is 0 Å². The predicted octanol–water partition coefficient (Wildman–Crippen LogP) is -0.403. The minimum Gasteiger partial charge on any atom is -1.00 e. The molecule has 0 amide bonds. The summed E-state index contributed by atoms with van der Waals surface area (Å²) in [6, 6.07) is 0. The number of rotatable bonds is 6. The van der Waals surface area contributed by atoms with Crippen LogP contribution in [-0.4, -0.2) is 0 Å². The van der Waals surface area contributed by atoms with E-state index in [1.807, 2.05) is 6.56 Å². The first-order valence-corrected chi connectivity index (χ1v) is 10.1. The summed E-state index contributed by atoms with van der Waals surface area (Å²) in [6.07, 6.45) is 14.7. The van der Waals surface area contributed by atoms with Crippen LogP contribution in [0.15, 0.2) is 42.0 Å². The Morgan fingerprint density at radius 3 is 1.52 bits per heavy atom. The third-order valence-corrected chi connectivity index (χ3v) is 7.68. The van der Waals surface area contributed by atoms with Crippen molar-refractivity contribution < 1.29 is 32.6 Å². The van der Waals surface area contributed by atoms with Crippen LogP contribution in [0.3, 0.4) is 0 Å². The molecule has 0 spiro atoms. The number of halogens is 2. The van der Waals surface area contributed by atoms with Gasteiger partial charge in [-0.15, -0.1) is 0 Å². The Morgan fingerprint density at radius 1 is 0.810 bits per heavy atom. The molecule has 0 aliphatic heterocycles. The van der Waals surface area contributed by atoms with E-state index in [1.54, 1.807) is 11.1 Å². The van der Waals surface area contributed by atoms with E-state index < -0.39 is 23.2 Å². The Labute approximate surface area is 139 Å².